The largest absolute Gasteiger partial charge is 0.402 e. The molecule has 0 saturated carbocycles. The van der Waals surface area contributed by atoms with E-state index in [0.29, 0.717) is 12.8 Å². The summed E-state index contributed by atoms with van der Waals surface area (Å²) in [6.07, 6.45) is 0.318. The average molecular weight is 414 g/mol. The van der Waals surface area contributed by atoms with Gasteiger partial charge in [-0.05, 0) is 44.5 Å². The third-order valence-electron chi connectivity index (χ3n) is 3.45. The Balaban J connectivity index is 3.01. The molecule has 0 heterocycles. The number of hydrogen-bond acceptors (Lipinski definition) is 3. The molecule has 0 spiro atoms. The molecule has 2 atom stereocenters. The molecule has 1 rings (SSSR count). The molecule has 0 saturated heterocycles. The van der Waals surface area contributed by atoms with Gasteiger partial charge in [-0.15, -0.1) is 0 Å². The van der Waals surface area contributed by atoms with Gasteiger partial charge in [0.2, 0.25) is 0 Å². The lowest BCUT2D eigenvalue weighted by Gasteiger charge is -2.25. The smallest absolute Gasteiger partial charge is 0.320 e. The quantitative estimate of drug-likeness (QED) is 0.456. The summed E-state index contributed by atoms with van der Waals surface area (Å²) >= 11 is 3.08. The van der Waals surface area contributed by atoms with Gasteiger partial charge in [-0.1, -0.05) is 41.9 Å². The lowest BCUT2D eigenvalue weighted by atomic mass is 10.1. The van der Waals surface area contributed by atoms with Gasteiger partial charge in [0.1, 0.15) is 0 Å². The molecule has 4 nitrogen and oxygen atoms in total. The maximum Gasteiger partial charge on any atom is 0.402 e. The summed E-state index contributed by atoms with van der Waals surface area (Å²) in [5.74, 6) is 0. The minimum atomic E-state index is -5.13. The molecule has 23 heavy (non-hydrogen) atoms. The van der Waals surface area contributed by atoms with Gasteiger partial charge in [0, 0.05) is 10.0 Å². The third kappa shape index (κ3) is 5.33. The van der Waals surface area contributed by atoms with Crippen molar-refractivity contribution in [3.63, 3.8) is 0 Å². The second kappa shape index (κ2) is 8.67. The Hall–Kier alpha value is -0.330. The maximum absolute atomic E-state index is 14.4. The molecule has 0 bridgehead atoms. The van der Waals surface area contributed by atoms with Crippen LogP contribution in [0, 0.1) is 0 Å². The van der Waals surface area contributed by atoms with Crippen LogP contribution in [-0.2, 0) is 21.2 Å². The van der Waals surface area contributed by atoms with Crippen molar-refractivity contribution in [2.75, 3.05) is 13.1 Å². The molecular weight excluding hydrogens is 391 g/mol. The van der Waals surface area contributed by atoms with E-state index in [9.17, 15) is 18.2 Å². The minimum absolute atomic E-state index is 0.0959. The monoisotopic (exact) mass is 413 g/mol. The summed E-state index contributed by atoms with van der Waals surface area (Å²) in [4.78, 5) is 9.72. The van der Waals surface area contributed by atoms with E-state index in [0.717, 1.165) is 18.7 Å². The van der Waals surface area contributed by atoms with Gasteiger partial charge in [-0.25, -0.2) is 0 Å². The molecule has 0 aliphatic rings. The van der Waals surface area contributed by atoms with E-state index in [1.807, 2.05) is 6.92 Å². The highest BCUT2D eigenvalue weighted by Crippen LogP contribution is 2.64. The number of nitrogens with one attached hydrogen (secondary N) is 1. The van der Waals surface area contributed by atoms with Gasteiger partial charge in [-0.2, -0.15) is 8.78 Å². The van der Waals surface area contributed by atoms with E-state index >= 15 is 0 Å². The highest BCUT2D eigenvalue weighted by atomic mass is 79.9. The van der Waals surface area contributed by atoms with Crippen LogP contribution < -0.4 is 5.32 Å². The molecular formula is C15H23BrF2NO3P. The highest BCUT2D eigenvalue weighted by molar-refractivity contribution is 9.10. The van der Waals surface area contributed by atoms with Crippen LogP contribution in [0.2, 0.25) is 0 Å². The van der Waals surface area contributed by atoms with E-state index in [4.69, 9.17) is 4.52 Å². The van der Waals surface area contributed by atoms with Gasteiger partial charge in [0.25, 0.3) is 0 Å². The number of hydrogen-bond donors (Lipinski definition) is 2. The standard InChI is InChI=1S/C15H23BrF2NO3P/c1-4-11(3)22-23(20,21)15(17,18)13-7-6-12(10-14(13)16)8-9-19-5-2/h6-7,10-11,19H,4-5,8-9H2,1-3H3,(H,20,21). The summed E-state index contributed by atoms with van der Waals surface area (Å²) < 4.78 is 45.7. The normalized spacial score (nSPS) is 16.1. The van der Waals surface area contributed by atoms with Crippen molar-refractivity contribution in [2.24, 2.45) is 0 Å². The summed E-state index contributed by atoms with van der Waals surface area (Å²) in [7, 11) is -5.13. The Labute approximate surface area is 144 Å². The zero-order chi connectivity index (χ0) is 17.7. The van der Waals surface area contributed by atoms with Crippen molar-refractivity contribution >= 4 is 23.5 Å². The Morgan fingerprint density at radius 1 is 1.43 bits per heavy atom. The first-order chi connectivity index (χ1) is 10.7. The molecule has 0 aromatic heterocycles. The Kier molecular flexibility index (Phi) is 7.81. The number of rotatable bonds is 9. The summed E-state index contributed by atoms with van der Waals surface area (Å²) in [6.45, 7) is 6.72. The van der Waals surface area contributed by atoms with Crippen LogP contribution in [0.1, 0.15) is 38.3 Å². The van der Waals surface area contributed by atoms with E-state index in [1.165, 1.54) is 19.1 Å². The average Bonchev–Trinajstić information content (AvgIpc) is 2.46. The van der Waals surface area contributed by atoms with Gasteiger partial charge in [0.05, 0.1) is 6.10 Å². The van der Waals surface area contributed by atoms with Crippen LogP contribution in [0.25, 0.3) is 0 Å². The third-order valence-corrected chi connectivity index (χ3v) is 5.70. The predicted octanol–water partition coefficient (Wildman–Crippen LogP) is 4.65. The number of halogens is 3. The molecule has 1 aromatic carbocycles. The zero-order valence-corrected chi connectivity index (χ0v) is 16.0. The molecule has 8 heteroatoms. The predicted molar refractivity (Wildman–Crippen MR) is 90.9 cm³/mol. The lowest BCUT2D eigenvalue weighted by Crippen LogP contribution is -2.20. The van der Waals surface area contributed by atoms with E-state index < -0.39 is 24.9 Å². The fraction of sp³-hybridized carbons (Fsp3) is 0.600. The number of alkyl halides is 2. The molecule has 0 amide bonds. The van der Waals surface area contributed by atoms with Gasteiger partial charge in [-0.3, -0.25) is 4.57 Å². The van der Waals surface area contributed by atoms with Crippen molar-refractivity contribution in [1.82, 2.24) is 5.32 Å². The fourth-order valence-electron chi connectivity index (χ4n) is 1.90. The Morgan fingerprint density at radius 2 is 2.09 bits per heavy atom. The van der Waals surface area contributed by atoms with Crippen LogP contribution in [0.4, 0.5) is 8.78 Å². The molecule has 1 aromatic rings. The molecule has 0 aliphatic heterocycles. The molecule has 2 N–H and O–H groups in total. The molecule has 2 unspecified atom stereocenters. The highest BCUT2D eigenvalue weighted by Gasteiger charge is 2.54. The number of benzene rings is 1. The molecule has 0 fully saturated rings. The van der Waals surface area contributed by atoms with Gasteiger partial charge in [0.15, 0.2) is 0 Å². The van der Waals surface area contributed by atoms with Crippen LogP contribution in [0.15, 0.2) is 22.7 Å². The minimum Gasteiger partial charge on any atom is -0.320 e. The van der Waals surface area contributed by atoms with Crippen LogP contribution in [0.3, 0.4) is 0 Å². The first-order valence-electron chi connectivity index (χ1n) is 7.54. The van der Waals surface area contributed by atoms with Gasteiger partial charge >= 0.3 is 13.3 Å². The molecule has 0 aliphatic carbocycles. The summed E-state index contributed by atoms with van der Waals surface area (Å²) in [5.41, 5.74) is -3.66. The van der Waals surface area contributed by atoms with Crippen LogP contribution in [-0.4, -0.2) is 24.1 Å². The van der Waals surface area contributed by atoms with Crippen LogP contribution >= 0.6 is 23.5 Å². The fourth-order valence-corrected chi connectivity index (χ4v) is 4.00. The van der Waals surface area contributed by atoms with Crippen molar-refractivity contribution in [3.8, 4) is 0 Å². The molecule has 0 radical (unpaired) electrons. The second-order valence-corrected chi connectivity index (χ2v) is 7.97. The first-order valence-corrected chi connectivity index (χ1v) is 9.91. The lowest BCUT2D eigenvalue weighted by molar-refractivity contribution is 0.0341. The van der Waals surface area contributed by atoms with Crippen molar-refractivity contribution in [1.29, 1.82) is 0 Å². The van der Waals surface area contributed by atoms with E-state index in [1.54, 1.807) is 13.0 Å². The summed E-state index contributed by atoms with van der Waals surface area (Å²) in [6, 6.07) is 4.26. The van der Waals surface area contributed by atoms with Gasteiger partial charge < -0.3 is 14.7 Å². The zero-order valence-electron chi connectivity index (χ0n) is 13.5. The molecule has 132 valence electrons. The topological polar surface area (TPSA) is 58.6 Å². The Morgan fingerprint density at radius 3 is 2.61 bits per heavy atom. The number of likely N-dealkylation sites (N-methyl/N-ethyl adjacent to an activating group) is 1. The van der Waals surface area contributed by atoms with E-state index in [-0.39, 0.29) is 4.47 Å². The van der Waals surface area contributed by atoms with Crippen LogP contribution in [0.5, 0.6) is 0 Å². The van der Waals surface area contributed by atoms with Crippen molar-refractivity contribution in [3.05, 3.63) is 33.8 Å². The first kappa shape index (κ1) is 20.7. The van der Waals surface area contributed by atoms with E-state index in [2.05, 4.69) is 21.2 Å². The second-order valence-electron chi connectivity index (χ2n) is 5.30. The van der Waals surface area contributed by atoms with Crippen molar-refractivity contribution < 1.29 is 22.8 Å². The van der Waals surface area contributed by atoms with Crippen molar-refractivity contribution in [2.45, 2.75) is 45.4 Å². The maximum atomic E-state index is 14.4. The SMILES string of the molecule is CCNCCc1ccc(C(F)(F)P(=O)(O)OC(C)CC)c(Br)c1. The summed E-state index contributed by atoms with van der Waals surface area (Å²) in [5, 5.41) is 3.15. The Bertz CT molecular complexity index is 572.